The number of amides is 3. The van der Waals surface area contributed by atoms with E-state index in [0.717, 1.165) is 0 Å². The molecule has 0 bridgehead atoms. The number of carboxylic acids is 1. The van der Waals surface area contributed by atoms with E-state index < -0.39 is 23.7 Å². The van der Waals surface area contributed by atoms with Crippen LogP contribution in [0.5, 0.6) is 5.75 Å². The van der Waals surface area contributed by atoms with Crippen LogP contribution < -0.4 is 20.7 Å². The SMILES string of the molecule is C#Cc1cccc(NC(=O)c2cc(NC(=O)c3cc(OC)ccc3C(=O)O)cc(C(=O)Nc3cccc(C#C)c3)c2)c1. The van der Waals surface area contributed by atoms with Crippen LogP contribution in [-0.2, 0) is 0 Å². The van der Waals surface area contributed by atoms with Crippen molar-refractivity contribution >= 4 is 40.8 Å². The monoisotopic (exact) mass is 557 g/mol. The number of methoxy groups -OCH3 is 1. The van der Waals surface area contributed by atoms with Crippen LogP contribution in [0, 0.1) is 24.7 Å². The van der Waals surface area contributed by atoms with Crippen LogP contribution >= 0.6 is 0 Å². The van der Waals surface area contributed by atoms with Crippen molar-refractivity contribution in [2.24, 2.45) is 0 Å². The van der Waals surface area contributed by atoms with Crippen molar-refractivity contribution in [3.05, 3.63) is 118 Å². The summed E-state index contributed by atoms with van der Waals surface area (Å²) in [6.07, 6.45) is 10.9. The summed E-state index contributed by atoms with van der Waals surface area (Å²) in [4.78, 5) is 51.5. The summed E-state index contributed by atoms with van der Waals surface area (Å²) in [6, 6.07) is 21.3. The maximum atomic E-state index is 13.2. The third kappa shape index (κ3) is 6.81. The van der Waals surface area contributed by atoms with Crippen molar-refractivity contribution < 1.29 is 29.0 Å². The minimum atomic E-state index is -1.32. The van der Waals surface area contributed by atoms with E-state index in [4.69, 9.17) is 17.6 Å². The summed E-state index contributed by atoms with van der Waals surface area (Å²) in [5, 5.41) is 17.6. The lowest BCUT2D eigenvalue weighted by Crippen LogP contribution is -2.19. The summed E-state index contributed by atoms with van der Waals surface area (Å²) >= 11 is 0. The highest BCUT2D eigenvalue weighted by molar-refractivity contribution is 6.13. The number of benzene rings is 4. The topological polar surface area (TPSA) is 134 Å². The molecule has 9 heteroatoms. The first-order chi connectivity index (χ1) is 20.2. The van der Waals surface area contributed by atoms with Crippen LogP contribution in [0.25, 0.3) is 0 Å². The molecule has 0 aliphatic heterocycles. The number of aromatic carboxylic acids is 1. The van der Waals surface area contributed by atoms with Crippen molar-refractivity contribution in [2.75, 3.05) is 23.1 Å². The summed E-state index contributed by atoms with van der Waals surface area (Å²) < 4.78 is 5.13. The molecule has 0 aliphatic rings. The van der Waals surface area contributed by atoms with Gasteiger partial charge in [-0.2, -0.15) is 0 Å². The molecule has 4 N–H and O–H groups in total. The maximum absolute atomic E-state index is 13.2. The van der Waals surface area contributed by atoms with Crippen molar-refractivity contribution in [2.45, 2.75) is 0 Å². The number of anilines is 3. The minimum absolute atomic E-state index is 0.0329. The Labute approximate surface area is 241 Å². The second kappa shape index (κ2) is 12.7. The van der Waals surface area contributed by atoms with Crippen LogP contribution in [0.15, 0.2) is 84.9 Å². The largest absolute Gasteiger partial charge is 0.497 e. The summed E-state index contributed by atoms with van der Waals surface area (Å²) in [7, 11) is 1.38. The predicted molar refractivity (Wildman–Crippen MR) is 159 cm³/mol. The number of terminal acetylenes is 2. The average Bonchev–Trinajstić information content (AvgIpc) is 3.00. The Morgan fingerprint density at radius 2 is 1.17 bits per heavy atom. The van der Waals surface area contributed by atoms with Gasteiger partial charge in [0.1, 0.15) is 5.75 Å². The van der Waals surface area contributed by atoms with Crippen LogP contribution in [0.2, 0.25) is 0 Å². The van der Waals surface area contributed by atoms with Crippen molar-refractivity contribution in [1.82, 2.24) is 0 Å². The van der Waals surface area contributed by atoms with Crippen molar-refractivity contribution in [1.29, 1.82) is 0 Å². The van der Waals surface area contributed by atoms with Gasteiger partial charge in [-0.05, 0) is 72.8 Å². The number of hydrogen-bond acceptors (Lipinski definition) is 5. The van der Waals surface area contributed by atoms with E-state index in [-0.39, 0.29) is 33.7 Å². The summed E-state index contributed by atoms with van der Waals surface area (Å²) in [5.74, 6) is 1.95. The van der Waals surface area contributed by atoms with Gasteiger partial charge in [-0.25, -0.2) is 4.79 Å². The third-order valence-corrected chi connectivity index (χ3v) is 5.99. The van der Waals surface area contributed by atoms with E-state index in [1.165, 1.54) is 43.5 Å². The average molecular weight is 558 g/mol. The molecule has 4 rings (SSSR count). The van der Waals surface area contributed by atoms with E-state index in [2.05, 4.69) is 27.8 Å². The Morgan fingerprint density at radius 1 is 0.643 bits per heavy atom. The second-order valence-electron chi connectivity index (χ2n) is 8.83. The van der Waals surface area contributed by atoms with E-state index in [9.17, 15) is 24.3 Å². The fraction of sp³-hybridized carbons (Fsp3) is 0.0303. The Kier molecular flexibility index (Phi) is 8.67. The normalized spacial score (nSPS) is 9.98. The number of hydrogen-bond donors (Lipinski definition) is 4. The molecule has 4 aromatic rings. The fourth-order valence-corrected chi connectivity index (χ4v) is 3.97. The zero-order chi connectivity index (χ0) is 30.2. The smallest absolute Gasteiger partial charge is 0.336 e. The van der Waals surface area contributed by atoms with Gasteiger partial charge in [-0.3, -0.25) is 14.4 Å². The molecule has 0 unspecified atom stereocenters. The quantitative estimate of drug-likeness (QED) is 0.223. The van der Waals surface area contributed by atoms with Gasteiger partial charge < -0.3 is 25.8 Å². The number of carbonyl (C=O) groups excluding carboxylic acids is 3. The predicted octanol–water partition coefficient (Wildman–Crippen LogP) is 5.11. The first kappa shape index (κ1) is 28.7. The molecule has 0 saturated heterocycles. The Morgan fingerprint density at radius 3 is 1.64 bits per heavy atom. The molecule has 0 aromatic heterocycles. The molecule has 0 heterocycles. The van der Waals surface area contributed by atoms with E-state index in [0.29, 0.717) is 22.5 Å². The molecule has 0 saturated carbocycles. The number of rotatable bonds is 8. The number of nitrogens with one attached hydrogen (secondary N) is 3. The lowest BCUT2D eigenvalue weighted by Gasteiger charge is -2.13. The van der Waals surface area contributed by atoms with Gasteiger partial charge in [0.15, 0.2) is 0 Å². The zero-order valence-corrected chi connectivity index (χ0v) is 22.2. The highest BCUT2D eigenvalue weighted by Crippen LogP contribution is 2.23. The molecular weight excluding hydrogens is 534 g/mol. The first-order valence-corrected chi connectivity index (χ1v) is 12.3. The van der Waals surface area contributed by atoms with Gasteiger partial charge in [0.2, 0.25) is 0 Å². The Bertz CT molecular complexity index is 1720. The van der Waals surface area contributed by atoms with Gasteiger partial charge in [0, 0.05) is 39.3 Å². The van der Waals surface area contributed by atoms with Gasteiger partial charge in [-0.1, -0.05) is 24.0 Å². The molecule has 3 amide bonds. The highest BCUT2D eigenvalue weighted by Gasteiger charge is 2.20. The van der Waals surface area contributed by atoms with E-state index in [1.54, 1.807) is 48.5 Å². The van der Waals surface area contributed by atoms with Crippen molar-refractivity contribution in [3.8, 4) is 30.4 Å². The molecule has 4 aromatic carbocycles. The second-order valence-corrected chi connectivity index (χ2v) is 8.83. The number of carbonyl (C=O) groups is 4. The fourth-order valence-electron chi connectivity index (χ4n) is 3.97. The van der Waals surface area contributed by atoms with Crippen LogP contribution in [0.4, 0.5) is 17.1 Å². The molecule has 0 atom stereocenters. The van der Waals surface area contributed by atoms with Gasteiger partial charge >= 0.3 is 5.97 Å². The lowest BCUT2D eigenvalue weighted by molar-refractivity contribution is 0.0692. The van der Waals surface area contributed by atoms with Crippen LogP contribution in [0.3, 0.4) is 0 Å². The lowest BCUT2D eigenvalue weighted by atomic mass is 10.0. The van der Waals surface area contributed by atoms with Crippen molar-refractivity contribution in [3.63, 3.8) is 0 Å². The summed E-state index contributed by atoms with van der Waals surface area (Å²) in [6.45, 7) is 0. The first-order valence-electron chi connectivity index (χ1n) is 12.3. The standard InChI is InChI=1S/C33H23N3O6/c1-4-20-8-6-10-24(14-20)34-30(37)22-16-23(31(38)35-25-11-7-9-21(5-2)15-25)18-26(17-22)36-32(39)29-19-27(42-3)12-13-28(29)33(40)41/h1-2,6-19H,3H3,(H,34,37)(H,35,38)(H,36,39)(H,40,41). The highest BCUT2D eigenvalue weighted by atomic mass is 16.5. The molecule has 206 valence electrons. The molecule has 0 fully saturated rings. The van der Waals surface area contributed by atoms with Crippen LogP contribution in [0.1, 0.15) is 52.6 Å². The Balaban J connectivity index is 1.71. The van der Waals surface area contributed by atoms with Gasteiger partial charge in [-0.15, -0.1) is 12.8 Å². The van der Waals surface area contributed by atoms with E-state index in [1.807, 2.05) is 0 Å². The molecule has 42 heavy (non-hydrogen) atoms. The molecule has 0 radical (unpaired) electrons. The van der Waals surface area contributed by atoms with Gasteiger partial charge in [0.05, 0.1) is 18.2 Å². The zero-order valence-electron chi connectivity index (χ0n) is 22.2. The molecular formula is C33H23N3O6. The molecule has 9 nitrogen and oxygen atoms in total. The minimum Gasteiger partial charge on any atom is -0.497 e. The third-order valence-electron chi connectivity index (χ3n) is 5.99. The van der Waals surface area contributed by atoms with Crippen LogP contribution in [-0.4, -0.2) is 35.9 Å². The molecule has 0 spiro atoms. The van der Waals surface area contributed by atoms with Gasteiger partial charge in [0.25, 0.3) is 17.7 Å². The van der Waals surface area contributed by atoms with E-state index >= 15 is 0 Å². The summed E-state index contributed by atoms with van der Waals surface area (Å²) in [5.41, 5.74) is 1.63. The number of ether oxygens (including phenoxy) is 1. The molecule has 0 aliphatic carbocycles. The Hall–Kier alpha value is -6.32. The maximum Gasteiger partial charge on any atom is 0.336 e. The number of carboxylic acid groups (broad SMARTS) is 1.